The standard InChI is InChI=1S/C16H17N3O4/c1-3-12-6-8-18(9-7-12)11-16(20)17-14-5-4-13(19(21)22)10-15(14)23-2/h4-10H,3,11H2,1-2H3/p+1. The van der Waals surface area contributed by atoms with E-state index in [2.05, 4.69) is 12.2 Å². The zero-order chi connectivity index (χ0) is 16.8. The van der Waals surface area contributed by atoms with E-state index in [4.69, 9.17) is 4.74 Å². The van der Waals surface area contributed by atoms with Crippen molar-refractivity contribution in [3.63, 3.8) is 0 Å². The lowest BCUT2D eigenvalue weighted by atomic mass is 10.2. The van der Waals surface area contributed by atoms with E-state index in [0.717, 1.165) is 6.42 Å². The Balaban J connectivity index is 2.08. The average Bonchev–Trinajstić information content (AvgIpc) is 2.55. The number of aromatic nitrogens is 1. The van der Waals surface area contributed by atoms with Gasteiger partial charge in [0.2, 0.25) is 6.54 Å². The molecule has 23 heavy (non-hydrogen) atoms. The summed E-state index contributed by atoms with van der Waals surface area (Å²) in [5, 5.41) is 13.5. The lowest BCUT2D eigenvalue weighted by molar-refractivity contribution is -0.684. The van der Waals surface area contributed by atoms with Crippen molar-refractivity contribution >= 4 is 17.3 Å². The molecule has 0 fully saturated rings. The van der Waals surface area contributed by atoms with E-state index < -0.39 is 4.92 Å². The summed E-state index contributed by atoms with van der Waals surface area (Å²) in [5.74, 6) is 0.00489. The van der Waals surface area contributed by atoms with E-state index in [0.29, 0.717) is 5.69 Å². The first-order valence-corrected chi connectivity index (χ1v) is 7.13. The molecule has 0 unspecified atom stereocenters. The summed E-state index contributed by atoms with van der Waals surface area (Å²) in [6.45, 7) is 2.21. The molecule has 0 saturated carbocycles. The lowest BCUT2D eigenvalue weighted by Crippen LogP contribution is -2.39. The van der Waals surface area contributed by atoms with Gasteiger partial charge in [0.15, 0.2) is 12.4 Å². The van der Waals surface area contributed by atoms with Gasteiger partial charge in [-0.05, 0) is 18.1 Å². The van der Waals surface area contributed by atoms with Crippen molar-refractivity contribution in [2.45, 2.75) is 19.9 Å². The molecule has 120 valence electrons. The van der Waals surface area contributed by atoms with Gasteiger partial charge in [0.25, 0.3) is 11.6 Å². The van der Waals surface area contributed by atoms with Crippen LogP contribution in [-0.4, -0.2) is 17.9 Å². The molecule has 1 aromatic heterocycles. The molecular formula is C16H18N3O4+. The van der Waals surface area contributed by atoms with Gasteiger partial charge < -0.3 is 10.1 Å². The Kier molecular flexibility index (Phi) is 5.24. The first kappa shape index (κ1) is 16.4. The van der Waals surface area contributed by atoms with Gasteiger partial charge in [0, 0.05) is 18.2 Å². The number of carbonyl (C=O) groups is 1. The molecule has 0 bridgehead atoms. The summed E-state index contributed by atoms with van der Waals surface area (Å²) in [6.07, 6.45) is 4.62. The summed E-state index contributed by atoms with van der Waals surface area (Å²) < 4.78 is 6.85. The molecule has 7 nitrogen and oxygen atoms in total. The molecule has 0 atom stereocenters. The Morgan fingerprint density at radius 3 is 2.57 bits per heavy atom. The maximum atomic E-state index is 12.1. The van der Waals surface area contributed by atoms with E-state index in [-0.39, 0.29) is 23.9 Å². The molecule has 1 N–H and O–H groups in total. The highest BCUT2D eigenvalue weighted by molar-refractivity contribution is 5.91. The number of nitro groups is 1. The van der Waals surface area contributed by atoms with Crippen LogP contribution in [0.5, 0.6) is 5.75 Å². The second-order valence-corrected chi connectivity index (χ2v) is 4.92. The van der Waals surface area contributed by atoms with Gasteiger partial charge in [-0.2, -0.15) is 4.57 Å². The van der Waals surface area contributed by atoms with E-state index in [9.17, 15) is 14.9 Å². The molecule has 1 aromatic carbocycles. The zero-order valence-electron chi connectivity index (χ0n) is 13.0. The third-order valence-electron chi connectivity index (χ3n) is 3.36. The van der Waals surface area contributed by atoms with Gasteiger partial charge in [0.1, 0.15) is 5.75 Å². The van der Waals surface area contributed by atoms with Crippen LogP contribution in [0.4, 0.5) is 11.4 Å². The fraction of sp³-hybridized carbons (Fsp3) is 0.250. The molecule has 1 amide bonds. The van der Waals surface area contributed by atoms with E-state index in [1.165, 1.54) is 30.9 Å². The minimum Gasteiger partial charge on any atom is -0.494 e. The summed E-state index contributed by atoms with van der Waals surface area (Å²) in [7, 11) is 1.40. The van der Waals surface area contributed by atoms with Crippen molar-refractivity contribution in [1.29, 1.82) is 0 Å². The highest BCUT2D eigenvalue weighted by atomic mass is 16.6. The molecule has 0 aliphatic heterocycles. The van der Waals surface area contributed by atoms with Crippen molar-refractivity contribution in [1.82, 2.24) is 0 Å². The number of aryl methyl sites for hydroxylation is 1. The number of amides is 1. The fourth-order valence-electron chi connectivity index (χ4n) is 2.08. The first-order valence-electron chi connectivity index (χ1n) is 7.13. The molecule has 0 aliphatic rings. The number of benzene rings is 1. The van der Waals surface area contributed by atoms with Gasteiger partial charge in [-0.15, -0.1) is 0 Å². The Morgan fingerprint density at radius 2 is 2.00 bits per heavy atom. The maximum Gasteiger partial charge on any atom is 0.290 e. The second-order valence-electron chi connectivity index (χ2n) is 4.92. The first-order chi connectivity index (χ1) is 11.0. The maximum absolute atomic E-state index is 12.1. The van der Waals surface area contributed by atoms with Crippen molar-refractivity contribution in [3.8, 4) is 5.75 Å². The van der Waals surface area contributed by atoms with E-state index >= 15 is 0 Å². The van der Waals surface area contributed by atoms with Gasteiger partial charge in [-0.3, -0.25) is 14.9 Å². The Morgan fingerprint density at radius 1 is 1.30 bits per heavy atom. The van der Waals surface area contributed by atoms with Crippen LogP contribution in [0.1, 0.15) is 12.5 Å². The van der Waals surface area contributed by atoms with E-state index in [1.807, 2.05) is 24.5 Å². The Hall–Kier alpha value is -2.96. The molecule has 7 heteroatoms. The highest BCUT2D eigenvalue weighted by Gasteiger charge is 2.15. The summed E-state index contributed by atoms with van der Waals surface area (Å²) in [6, 6.07) is 7.97. The summed E-state index contributed by atoms with van der Waals surface area (Å²) in [4.78, 5) is 22.3. The predicted molar refractivity (Wildman–Crippen MR) is 84.3 cm³/mol. The third-order valence-corrected chi connectivity index (χ3v) is 3.36. The van der Waals surface area contributed by atoms with Gasteiger partial charge >= 0.3 is 0 Å². The molecule has 2 rings (SSSR count). The van der Waals surface area contributed by atoms with Crippen LogP contribution in [0.2, 0.25) is 0 Å². The van der Waals surface area contributed by atoms with Crippen LogP contribution in [-0.2, 0) is 17.8 Å². The number of carbonyl (C=O) groups excluding carboxylic acids is 1. The zero-order valence-corrected chi connectivity index (χ0v) is 13.0. The number of pyridine rings is 1. The van der Waals surface area contributed by atoms with Crippen LogP contribution < -0.4 is 14.6 Å². The molecule has 0 spiro atoms. The minimum atomic E-state index is -0.515. The molecule has 2 aromatic rings. The van der Waals surface area contributed by atoms with Gasteiger partial charge in [-0.1, -0.05) is 6.92 Å². The quantitative estimate of drug-likeness (QED) is 0.502. The number of rotatable bonds is 6. The minimum absolute atomic E-state index is 0.0932. The van der Waals surface area contributed by atoms with Gasteiger partial charge in [-0.25, -0.2) is 0 Å². The van der Waals surface area contributed by atoms with Gasteiger partial charge in [0.05, 0.1) is 23.8 Å². The summed E-state index contributed by atoms with van der Waals surface area (Å²) in [5.41, 5.74) is 1.50. The lowest BCUT2D eigenvalue weighted by Gasteiger charge is -2.08. The second kappa shape index (κ2) is 7.35. The largest absolute Gasteiger partial charge is 0.494 e. The number of nitrogens with zero attached hydrogens (tertiary/aromatic N) is 2. The SMILES string of the molecule is CCc1cc[n+](CC(=O)Nc2ccc([N+](=O)[O-])cc2OC)cc1. The van der Waals surface area contributed by atoms with Crippen LogP contribution in [0.25, 0.3) is 0 Å². The smallest absolute Gasteiger partial charge is 0.290 e. The van der Waals surface area contributed by atoms with Crippen LogP contribution in [0.15, 0.2) is 42.7 Å². The van der Waals surface area contributed by atoms with Crippen LogP contribution in [0.3, 0.4) is 0 Å². The molecule has 0 radical (unpaired) electrons. The number of methoxy groups -OCH3 is 1. The number of nitrogens with one attached hydrogen (secondary N) is 1. The number of hydrogen-bond acceptors (Lipinski definition) is 4. The molecule has 1 heterocycles. The topological polar surface area (TPSA) is 85.3 Å². The number of hydrogen-bond donors (Lipinski definition) is 1. The highest BCUT2D eigenvalue weighted by Crippen LogP contribution is 2.28. The average molecular weight is 316 g/mol. The molecule has 0 saturated heterocycles. The number of ether oxygens (including phenoxy) is 1. The molecule has 0 aliphatic carbocycles. The van der Waals surface area contributed by atoms with Crippen molar-refractivity contribution < 1.29 is 19.0 Å². The van der Waals surface area contributed by atoms with Crippen molar-refractivity contribution in [2.24, 2.45) is 0 Å². The van der Waals surface area contributed by atoms with Crippen LogP contribution in [0, 0.1) is 10.1 Å². The van der Waals surface area contributed by atoms with E-state index in [1.54, 1.807) is 4.57 Å². The normalized spacial score (nSPS) is 10.2. The Bertz CT molecular complexity index is 714. The third kappa shape index (κ3) is 4.26. The number of nitro benzene ring substituents is 1. The Labute approximate surface area is 133 Å². The number of anilines is 1. The van der Waals surface area contributed by atoms with Crippen molar-refractivity contribution in [3.05, 3.63) is 58.4 Å². The van der Waals surface area contributed by atoms with Crippen LogP contribution >= 0.6 is 0 Å². The van der Waals surface area contributed by atoms with Crippen molar-refractivity contribution in [2.75, 3.05) is 12.4 Å². The number of non-ortho nitro benzene ring substituents is 1. The fourth-order valence-corrected chi connectivity index (χ4v) is 2.08. The monoisotopic (exact) mass is 316 g/mol. The predicted octanol–water partition coefficient (Wildman–Crippen LogP) is 2.09. The molecular weight excluding hydrogens is 298 g/mol. The summed E-state index contributed by atoms with van der Waals surface area (Å²) >= 11 is 0.